The first-order chi connectivity index (χ1) is 8.89. The number of rotatable bonds is 1. The van der Waals surface area contributed by atoms with Gasteiger partial charge in [-0.25, -0.2) is 4.98 Å². The second kappa shape index (κ2) is 5.37. The third kappa shape index (κ3) is 3.38. The molecule has 0 aromatic carbocycles. The van der Waals surface area contributed by atoms with Crippen molar-refractivity contribution in [3.8, 4) is 0 Å². The molecule has 4 nitrogen and oxygen atoms in total. The first kappa shape index (κ1) is 14.1. The molecule has 2 rings (SSSR count). The van der Waals surface area contributed by atoms with Gasteiger partial charge in [-0.2, -0.15) is 0 Å². The first-order valence-corrected chi connectivity index (χ1v) is 6.97. The molecule has 1 aliphatic heterocycles. The minimum Gasteiger partial charge on any atom is -0.382 e. The number of hydrogen-bond donors (Lipinski definition) is 1. The molecule has 5 heteroatoms. The zero-order valence-electron chi connectivity index (χ0n) is 11.4. The highest BCUT2D eigenvalue weighted by Gasteiger charge is 2.26. The number of amides is 1. The van der Waals surface area contributed by atoms with Crippen molar-refractivity contribution in [1.82, 2.24) is 9.88 Å². The molecule has 104 valence electrons. The molecule has 0 aliphatic carbocycles. The van der Waals surface area contributed by atoms with Crippen LogP contribution in [0.4, 0.5) is 5.82 Å². The van der Waals surface area contributed by atoms with Crippen LogP contribution in [0, 0.1) is 5.41 Å². The molecule has 0 bridgehead atoms. The van der Waals surface area contributed by atoms with Gasteiger partial charge in [0.2, 0.25) is 0 Å². The summed E-state index contributed by atoms with van der Waals surface area (Å²) in [4.78, 5) is 18.2. The van der Waals surface area contributed by atoms with E-state index in [-0.39, 0.29) is 11.7 Å². The predicted octanol–water partition coefficient (Wildman–Crippen LogP) is 2.97. The van der Waals surface area contributed by atoms with E-state index < -0.39 is 0 Å². The highest BCUT2D eigenvalue weighted by molar-refractivity contribution is 6.33. The summed E-state index contributed by atoms with van der Waals surface area (Å²) < 4.78 is 0. The molecule has 0 atom stereocenters. The zero-order valence-corrected chi connectivity index (χ0v) is 12.2. The normalized spacial score (nSPS) is 19.0. The van der Waals surface area contributed by atoms with Gasteiger partial charge < -0.3 is 10.6 Å². The molecule has 1 saturated heterocycles. The minimum absolute atomic E-state index is 0.00731. The first-order valence-electron chi connectivity index (χ1n) is 6.59. The van der Waals surface area contributed by atoms with Crippen molar-refractivity contribution in [2.45, 2.75) is 33.1 Å². The van der Waals surface area contributed by atoms with Gasteiger partial charge in [-0.15, -0.1) is 0 Å². The molecule has 1 aliphatic rings. The number of anilines is 1. The number of nitrogens with zero attached hydrogens (tertiary/aromatic N) is 2. The fourth-order valence-electron chi connectivity index (χ4n) is 2.37. The molecular formula is C14H20ClN3O. The van der Waals surface area contributed by atoms with Crippen molar-refractivity contribution >= 4 is 23.3 Å². The number of carbonyl (C=O) groups excluding carboxylic acids is 1. The zero-order chi connectivity index (χ0) is 14.0. The van der Waals surface area contributed by atoms with Crippen molar-refractivity contribution in [3.63, 3.8) is 0 Å². The molecule has 0 radical (unpaired) electrons. The van der Waals surface area contributed by atoms with Gasteiger partial charge in [0.15, 0.2) is 0 Å². The lowest BCUT2D eigenvalue weighted by Gasteiger charge is -2.23. The number of aromatic nitrogens is 1. The fraction of sp³-hybridized carbons (Fsp3) is 0.571. The molecule has 1 aromatic rings. The van der Waals surface area contributed by atoms with E-state index in [1.165, 1.54) is 6.20 Å². The lowest BCUT2D eigenvalue weighted by molar-refractivity contribution is 0.0757. The minimum atomic E-state index is -0.00731. The van der Waals surface area contributed by atoms with E-state index in [4.69, 9.17) is 17.3 Å². The highest BCUT2D eigenvalue weighted by Crippen LogP contribution is 2.30. The van der Waals surface area contributed by atoms with Crippen molar-refractivity contribution in [2.75, 3.05) is 18.8 Å². The van der Waals surface area contributed by atoms with Gasteiger partial charge in [-0.05, 0) is 30.7 Å². The maximum Gasteiger partial charge on any atom is 0.255 e. The lowest BCUT2D eigenvalue weighted by atomic mass is 9.85. The molecule has 1 amide bonds. The highest BCUT2D eigenvalue weighted by atomic mass is 35.5. The van der Waals surface area contributed by atoms with E-state index >= 15 is 0 Å². The molecular weight excluding hydrogens is 262 g/mol. The van der Waals surface area contributed by atoms with E-state index in [0.29, 0.717) is 16.0 Å². The maximum absolute atomic E-state index is 12.4. The fourth-order valence-corrected chi connectivity index (χ4v) is 2.54. The van der Waals surface area contributed by atoms with Gasteiger partial charge in [-0.1, -0.05) is 25.4 Å². The molecule has 19 heavy (non-hydrogen) atoms. The number of nitrogen functional groups attached to an aromatic ring is 1. The quantitative estimate of drug-likeness (QED) is 0.861. The van der Waals surface area contributed by atoms with Gasteiger partial charge in [0.05, 0.1) is 10.6 Å². The van der Waals surface area contributed by atoms with Gasteiger partial charge in [0, 0.05) is 19.3 Å². The van der Waals surface area contributed by atoms with E-state index in [1.807, 2.05) is 4.90 Å². The predicted molar refractivity (Wildman–Crippen MR) is 77.2 cm³/mol. The summed E-state index contributed by atoms with van der Waals surface area (Å²) in [5, 5.41) is 0.334. The Labute approximate surface area is 118 Å². The summed E-state index contributed by atoms with van der Waals surface area (Å²) in [6, 6.07) is 1.60. The van der Waals surface area contributed by atoms with Gasteiger partial charge in [0.1, 0.15) is 5.82 Å². The SMILES string of the molecule is CC1(C)CCCN(C(=O)c2cnc(N)c(Cl)c2)CC1. The second-order valence-electron chi connectivity index (χ2n) is 5.90. The second-order valence-corrected chi connectivity index (χ2v) is 6.31. The summed E-state index contributed by atoms with van der Waals surface area (Å²) in [6.07, 6.45) is 4.71. The number of carbonyl (C=O) groups is 1. The van der Waals surface area contributed by atoms with Crippen LogP contribution in [0.1, 0.15) is 43.5 Å². The number of halogens is 1. The molecule has 2 N–H and O–H groups in total. The smallest absolute Gasteiger partial charge is 0.255 e. The van der Waals surface area contributed by atoms with Crippen LogP contribution < -0.4 is 5.73 Å². The van der Waals surface area contributed by atoms with Crippen LogP contribution in [0.5, 0.6) is 0 Å². The largest absolute Gasteiger partial charge is 0.382 e. The van der Waals surface area contributed by atoms with Gasteiger partial charge in [-0.3, -0.25) is 4.79 Å². The standard InChI is InChI=1S/C14H20ClN3O/c1-14(2)4-3-6-18(7-5-14)13(19)10-8-11(15)12(16)17-9-10/h8-9H,3-7H2,1-2H3,(H2,16,17). The lowest BCUT2D eigenvalue weighted by Crippen LogP contribution is -2.32. The van der Waals surface area contributed by atoms with Crippen molar-refractivity contribution in [1.29, 1.82) is 0 Å². The van der Waals surface area contributed by atoms with Crippen LogP contribution in [0.2, 0.25) is 5.02 Å². The van der Waals surface area contributed by atoms with Crippen LogP contribution in [0.15, 0.2) is 12.3 Å². The van der Waals surface area contributed by atoms with E-state index in [9.17, 15) is 4.79 Å². The Morgan fingerprint density at radius 1 is 1.42 bits per heavy atom. The summed E-state index contributed by atoms with van der Waals surface area (Å²) in [6.45, 7) is 6.09. The van der Waals surface area contributed by atoms with Crippen molar-refractivity contribution < 1.29 is 4.79 Å². The number of likely N-dealkylation sites (tertiary alicyclic amines) is 1. The average Bonchev–Trinajstić information content (AvgIpc) is 2.53. The van der Waals surface area contributed by atoms with Crippen molar-refractivity contribution in [2.24, 2.45) is 5.41 Å². The number of hydrogen-bond acceptors (Lipinski definition) is 3. The Balaban J connectivity index is 2.13. The van der Waals surface area contributed by atoms with Crippen LogP contribution in [-0.2, 0) is 0 Å². The summed E-state index contributed by atoms with van der Waals surface area (Å²) in [5.74, 6) is 0.252. The third-order valence-electron chi connectivity index (χ3n) is 3.74. The van der Waals surface area contributed by atoms with E-state index in [1.54, 1.807) is 6.07 Å². The summed E-state index contributed by atoms with van der Waals surface area (Å²) >= 11 is 5.92. The molecule has 2 heterocycles. The Morgan fingerprint density at radius 2 is 2.16 bits per heavy atom. The Bertz CT molecular complexity index is 488. The molecule has 1 aromatic heterocycles. The average molecular weight is 282 g/mol. The Hall–Kier alpha value is -1.29. The summed E-state index contributed by atoms with van der Waals surface area (Å²) in [7, 11) is 0. The molecule has 0 spiro atoms. The summed E-state index contributed by atoms with van der Waals surface area (Å²) in [5.41, 5.74) is 6.38. The van der Waals surface area contributed by atoms with Crippen molar-refractivity contribution in [3.05, 3.63) is 22.8 Å². The Morgan fingerprint density at radius 3 is 2.84 bits per heavy atom. The monoisotopic (exact) mass is 281 g/mol. The number of nitrogens with two attached hydrogens (primary N) is 1. The Kier molecular flexibility index (Phi) is 3.99. The van der Waals surface area contributed by atoms with Gasteiger partial charge in [0.25, 0.3) is 5.91 Å². The maximum atomic E-state index is 12.4. The van der Waals surface area contributed by atoms with Gasteiger partial charge >= 0.3 is 0 Å². The van der Waals surface area contributed by atoms with E-state index in [0.717, 1.165) is 32.4 Å². The van der Waals surface area contributed by atoms with Crippen LogP contribution in [-0.4, -0.2) is 28.9 Å². The van der Waals surface area contributed by atoms with Crippen LogP contribution >= 0.6 is 11.6 Å². The molecule has 0 saturated carbocycles. The molecule has 1 fully saturated rings. The topological polar surface area (TPSA) is 59.2 Å². The van der Waals surface area contributed by atoms with E-state index in [2.05, 4.69) is 18.8 Å². The third-order valence-corrected chi connectivity index (χ3v) is 4.05. The van der Waals surface area contributed by atoms with Crippen LogP contribution in [0.25, 0.3) is 0 Å². The molecule has 0 unspecified atom stereocenters. The van der Waals surface area contributed by atoms with Crippen LogP contribution in [0.3, 0.4) is 0 Å². The number of pyridine rings is 1.